The van der Waals surface area contributed by atoms with E-state index in [1.165, 1.54) is 13.2 Å². The molecule has 28 heavy (non-hydrogen) atoms. The highest BCUT2D eigenvalue weighted by Gasteiger charge is 2.22. The quantitative estimate of drug-likeness (QED) is 0.201. The second-order valence-electron chi connectivity index (χ2n) is 6.34. The topological polar surface area (TPSA) is 57.2 Å². The number of unbranched alkanes of at least 4 members (excludes halogenated alkanes) is 1. The summed E-state index contributed by atoms with van der Waals surface area (Å²) < 4.78 is 32.0. The Balaban J connectivity index is 0.00000392. The van der Waals surface area contributed by atoms with Gasteiger partial charge in [0.1, 0.15) is 11.6 Å². The van der Waals surface area contributed by atoms with E-state index < -0.39 is 11.6 Å². The maximum absolute atomic E-state index is 14.0. The fourth-order valence-corrected chi connectivity index (χ4v) is 2.98. The van der Waals surface area contributed by atoms with Gasteiger partial charge in [-0.25, -0.2) is 8.78 Å². The molecule has 0 bridgehead atoms. The predicted molar refractivity (Wildman–Crippen MR) is 117 cm³/mol. The van der Waals surface area contributed by atoms with Crippen molar-refractivity contribution < 1.29 is 18.3 Å². The summed E-state index contributed by atoms with van der Waals surface area (Å²) in [7, 11) is 1.39. The molecule has 6 nitrogen and oxygen atoms in total. The van der Waals surface area contributed by atoms with Crippen molar-refractivity contribution in [1.29, 1.82) is 0 Å². The van der Waals surface area contributed by atoms with Crippen molar-refractivity contribution in [2.75, 3.05) is 51.3 Å². The van der Waals surface area contributed by atoms with E-state index in [0.29, 0.717) is 44.8 Å². The number of piperazine rings is 1. The zero-order valence-corrected chi connectivity index (χ0v) is 18.7. The molecule has 1 N–H and O–H groups in total. The van der Waals surface area contributed by atoms with Crippen LogP contribution in [0.5, 0.6) is 0 Å². The summed E-state index contributed by atoms with van der Waals surface area (Å²) in [6, 6.07) is 3.54. The Morgan fingerprint density at radius 1 is 1.21 bits per heavy atom. The van der Waals surface area contributed by atoms with E-state index >= 15 is 0 Å². The van der Waals surface area contributed by atoms with Crippen LogP contribution in [0.3, 0.4) is 0 Å². The third-order valence-electron chi connectivity index (χ3n) is 4.44. The first-order chi connectivity index (χ1) is 13.0. The van der Waals surface area contributed by atoms with E-state index in [2.05, 4.69) is 19.9 Å². The minimum absolute atomic E-state index is 0. The molecule has 1 heterocycles. The smallest absolute Gasteiger partial charge is 0.305 e. The highest BCUT2D eigenvalue weighted by atomic mass is 127. The first kappa shape index (κ1) is 24.4. The number of nitrogens with one attached hydrogen (secondary N) is 1. The molecule has 0 aromatic heterocycles. The standard InChI is InChI=1S/C19H28F2N4O2.HI/c1-3-22-19(23-9-5-4-6-18(26)27-2)25-12-10-24(11-13-25)17-14-15(20)7-8-16(17)21;/h7-8,14H,3-6,9-13H2,1-2H3,(H,22,23);1H. The van der Waals surface area contributed by atoms with Gasteiger partial charge in [0.2, 0.25) is 0 Å². The minimum atomic E-state index is -0.435. The van der Waals surface area contributed by atoms with Gasteiger partial charge in [-0.3, -0.25) is 9.79 Å². The average molecular weight is 510 g/mol. The van der Waals surface area contributed by atoms with Crippen LogP contribution in [-0.4, -0.2) is 63.2 Å². The van der Waals surface area contributed by atoms with Crippen molar-refractivity contribution in [2.24, 2.45) is 4.99 Å². The Labute approximate surface area is 182 Å². The number of anilines is 1. The van der Waals surface area contributed by atoms with Crippen LogP contribution in [0.4, 0.5) is 14.5 Å². The van der Waals surface area contributed by atoms with Crippen molar-refractivity contribution in [3.05, 3.63) is 29.8 Å². The van der Waals surface area contributed by atoms with Crippen molar-refractivity contribution in [2.45, 2.75) is 26.2 Å². The molecule has 0 spiro atoms. The van der Waals surface area contributed by atoms with Crippen LogP contribution in [-0.2, 0) is 9.53 Å². The highest BCUT2D eigenvalue weighted by molar-refractivity contribution is 14.0. The van der Waals surface area contributed by atoms with Gasteiger partial charge in [-0.15, -0.1) is 24.0 Å². The summed E-state index contributed by atoms with van der Waals surface area (Å²) in [6.45, 7) is 5.90. The fourth-order valence-electron chi connectivity index (χ4n) is 2.98. The normalized spacial score (nSPS) is 14.5. The first-order valence-electron chi connectivity index (χ1n) is 9.35. The number of methoxy groups -OCH3 is 1. The molecular weight excluding hydrogens is 481 g/mol. The number of benzene rings is 1. The Hall–Kier alpha value is -1.65. The largest absolute Gasteiger partial charge is 0.469 e. The lowest BCUT2D eigenvalue weighted by Crippen LogP contribution is -2.52. The van der Waals surface area contributed by atoms with Crippen LogP contribution in [0, 0.1) is 11.6 Å². The number of aliphatic imine (C=N–C) groups is 1. The lowest BCUT2D eigenvalue weighted by molar-refractivity contribution is -0.140. The summed E-state index contributed by atoms with van der Waals surface area (Å²) in [5.74, 6) is -0.228. The van der Waals surface area contributed by atoms with Crippen molar-refractivity contribution in [3.8, 4) is 0 Å². The molecule has 0 atom stereocenters. The van der Waals surface area contributed by atoms with Gasteiger partial charge in [0.15, 0.2) is 5.96 Å². The minimum Gasteiger partial charge on any atom is -0.469 e. The van der Waals surface area contributed by atoms with E-state index in [1.807, 2.05) is 11.8 Å². The number of ether oxygens (including phenoxy) is 1. The lowest BCUT2D eigenvalue weighted by Gasteiger charge is -2.37. The van der Waals surface area contributed by atoms with E-state index in [-0.39, 0.29) is 29.9 Å². The zero-order chi connectivity index (χ0) is 19.6. The van der Waals surface area contributed by atoms with Crippen molar-refractivity contribution >= 4 is 41.6 Å². The van der Waals surface area contributed by atoms with Crippen LogP contribution in [0.2, 0.25) is 0 Å². The predicted octanol–water partition coefficient (Wildman–Crippen LogP) is 3.01. The third kappa shape index (κ3) is 7.40. The number of halogens is 3. The number of hydrogen-bond acceptors (Lipinski definition) is 4. The fraction of sp³-hybridized carbons (Fsp3) is 0.579. The number of rotatable bonds is 7. The highest BCUT2D eigenvalue weighted by Crippen LogP contribution is 2.21. The Bertz CT molecular complexity index is 653. The first-order valence-corrected chi connectivity index (χ1v) is 9.35. The molecule has 158 valence electrons. The van der Waals surface area contributed by atoms with Gasteiger partial charge in [-0.2, -0.15) is 0 Å². The number of carbonyl (C=O) groups excluding carboxylic acids is 1. The summed E-state index contributed by atoms with van der Waals surface area (Å²) in [5.41, 5.74) is 0.305. The van der Waals surface area contributed by atoms with Gasteiger partial charge < -0.3 is 19.9 Å². The molecule has 1 aromatic carbocycles. The molecule has 9 heteroatoms. The molecule has 0 radical (unpaired) electrons. The average Bonchev–Trinajstić information content (AvgIpc) is 2.68. The van der Waals surface area contributed by atoms with E-state index in [9.17, 15) is 13.6 Å². The number of guanidine groups is 1. The van der Waals surface area contributed by atoms with Gasteiger partial charge in [-0.05, 0) is 31.9 Å². The van der Waals surface area contributed by atoms with Gasteiger partial charge in [-0.1, -0.05) is 0 Å². The second kappa shape index (κ2) is 12.7. The van der Waals surface area contributed by atoms with Crippen LogP contribution < -0.4 is 10.2 Å². The zero-order valence-electron chi connectivity index (χ0n) is 16.4. The molecule has 0 aliphatic carbocycles. The van der Waals surface area contributed by atoms with Crippen LogP contribution in [0.15, 0.2) is 23.2 Å². The molecule has 0 unspecified atom stereocenters. The molecule has 1 saturated heterocycles. The molecule has 1 aliphatic heterocycles. The van der Waals surface area contributed by atoms with Gasteiger partial charge in [0.05, 0.1) is 12.8 Å². The molecule has 1 aromatic rings. The summed E-state index contributed by atoms with van der Waals surface area (Å²) in [4.78, 5) is 19.7. The molecule has 0 saturated carbocycles. The van der Waals surface area contributed by atoms with Crippen LogP contribution >= 0.6 is 24.0 Å². The van der Waals surface area contributed by atoms with Gasteiger partial charge in [0, 0.05) is 51.8 Å². The lowest BCUT2D eigenvalue weighted by atomic mass is 10.2. The van der Waals surface area contributed by atoms with Crippen molar-refractivity contribution in [1.82, 2.24) is 10.2 Å². The van der Waals surface area contributed by atoms with Gasteiger partial charge in [0.25, 0.3) is 0 Å². The number of hydrogen-bond donors (Lipinski definition) is 1. The maximum Gasteiger partial charge on any atom is 0.305 e. The van der Waals surface area contributed by atoms with E-state index in [1.54, 1.807) is 0 Å². The third-order valence-corrected chi connectivity index (χ3v) is 4.44. The number of esters is 1. The van der Waals surface area contributed by atoms with E-state index in [4.69, 9.17) is 0 Å². The molecule has 1 fully saturated rings. The monoisotopic (exact) mass is 510 g/mol. The van der Waals surface area contributed by atoms with Crippen molar-refractivity contribution in [3.63, 3.8) is 0 Å². The SMILES string of the molecule is CCNC(=NCCCCC(=O)OC)N1CCN(c2cc(F)ccc2F)CC1.I. The Kier molecular flexibility index (Phi) is 11.1. The molecule has 1 aliphatic rings. The van der Waals surface area contributed by atoms with Crippen LogP contribution in [0.25, 0.3) is 0 Å². The van der Waals surface area contributed by atoms with E-state index in [0.717, 1.165) is 37.5 Å². The second-order valence-corrected chi connectivity index (χ2v) is 6.34. The molecule has 0 amide bonds. The van der Waals surface area contributed by atoms with Gasteiger partial charge >= 0.3 is 5.97 Å². The molecule has 2 rings (SSSR count). The number of nitrogens with zero attached hydrogens (tertiary/aromatic N) is 3. The Morgan fingerprint density at radius 2 is 1.93 bits per heavy atom. The summed E-state index contributed by atoms with van der Waals surface area (Å²) in [5, 5.41) is 3.27. The summed E-state index contributed by atoms with van der Waals surface area (Å²) in [6.07, 6.45) is 1.95. The maximum atomic E-state index is 14.0. The van der Waals surface area contributed by atoms with Crippen LogP contribution in [0.1, 0.15) is 26.2 Å². The Morgan fingerprint density at radius 3 is 2.57 bits per heavy atom. The molecular formula is C19H29F2IN4O2. The number of carbonyl (C=O) groups is 1. The summed E-state index contributed by atoms with van der Waals surface area (Å²) >= 11 is 0.